The summed E-state index contributed by atoms with van der Waals surface area (Å²) in [5.74, 6) is 1.97. The Morgan fingerprint density at radius 1 is 1.21 bits per heavy atom. The highest BCUT2D eigenvalue weighted by atomic mass is 16.3. The van der Waals surface area contributed by atoms with Crippen molar-refractivity contribution in [3.63, 3.8) is 0 Å². The minimum atomic E-state index is -0.202. The van der Waals surface area contributed by atoms with Crippen LogP contribution in [0.5, 0.6) is 0 Å². The number of aliphatic hydroxyl groups is 1. The summed E-state index contributed by atoms with van der Waals surface area (Å²) in [4.78, 5) is 14.7. The molecule has 1 heterocycles. The highest BCUT2D eigenvalue weighted by Crippen LogP contribution is 2.25. The monoisotopic (exact) mass is 266 g/mol. The zero-order valence-electron chi connectivity index (χ0n) is 11.7. The average Bonchev–Trinajstić information content (AvgIpc) is 2.81. The molecule has 0 aromatic carbocycles. The molecule has 1 fully saturated rings. The van der Waals surface area contributed by atoms with E-state index in [1.54, 1.807) is 7.05 Å². The first-order chi connectivity index (χ1) is 9.10. The van der Waals surface area contributed by atoms with Crippen LogP contribution in [0.1, 0.15) is 19.3 Å². The summed E-state index contributed by atoms with van der Waals surface area (Å²) >= 11 is 0. The molecule has 0 aliphatic heterocycles. The minimum absolute atomic E-state index is 0.202. The van der Waals surface area contributed by atoms with E-state index in [4.69, 9.17) is 0 Å². The summed E-state index contributed by atoms with van der Waals surface area (Å²) < 4.78 is 0. The van der Waals surface area contributed by atoms with Crippen molar-refractivity contribution in [2.75, 3.05) is 43.2 Å². The molecule has 1 saturated carbocycles. The number of hydrogen-bond donors (Lipinski definition) is 3. The number of anilines is 3. The van der Waals surface area contributed by atoms with Crippen molar-refractivity contribution in [3.8, 4) is 0 Å². The van der Waals surface area contributed by atoms with Gasteiger partial charge in [0, 0.05) is 33.6 Å². The molecule has 1 aliphatic carbocycles. The van der Waals surface area contributed by atoms with Crippen LogP contribution in [0.3, 0.4) is 0 Å². The Bertz CT molecular complexity index is 425. The molecule has 2 rings (SSSR count). The molecular weight excluding hydrogens is 244 g/mol. The van der Waals surface area contributed by atoms with Gasteiger partial charge in [-0.3, -0.25) is 0 Å². The third kappa shape index (κ3) is 3.44. The first-order valence-electron chi connectivity index (χ1n) is 6.63. The lowest BCUT2D eigenvalue weighted by Crippen LogP contribution is -2.23. The van der Waals surface area contributed by atoms with Crippen LogP contribution in [0.25, 0.3) is 0 Å². The first-order valence-corrected chi connectivity index (χ1v) is 6.63. The molecule has 1 aromatic heterocycles. The lowest BCUT2D eigenvalue weighted by Gasteiger charge is -2.16. The molecule has 7 heteroatoms. The maximum absolute atomic E-state index is 9.80. The van der Waals surface area contributed by atoms with E-state index in [1.165, 1.54) is 0 Å². The molecule has 0 bridgehead atoms. The molecule has 0 amide bonds. The van der Waals surface area contributed by atoms with Crippen LogP contribution in [0.4, 0.5) is 17.8 Å². The van der Waals surface area contributed by atoms with Gasteiger partial charge in [-0.1, -0.05) is 6.42 Å². The molecule has 1 aliphatic rings. The van der Waals surface area contributed by atoms with Crippen molar-refractivity contribution in [2.24, 2.45) is 5.92 Å². The largest absolute Gasteiger partial charge is 0.393 e. The van der Waals surface area contributed by atoms with E-state index >= 15 is 0 Å². The second-order valence-corrected chi connectivity index (χ2v) is 5.07. The van der Waals surface area contributed by atoms with Crippen LogP contribution in [0.15, 0.2) is 0 Å². The highest BCUT2D eigenvalue weighted by molar-refractivity contribution is 5.42. The fourth-order valence-corrected chi connectivity index (χ4v) is 2.23. The molecule has 0 saturated heterocycles. The summed E-state index contributed by atoms with van der Waals surface area (Å²) in [5.41, 5.74) is 0. The van der Waals surface area contributed by atoms with Gasteiger partial charge in [0.1, 0.15) is 0 Å². The summed E-state index contributed by atoms with van der Waals surface area (Å²) in [6.45, 7) is 0.696. The van der Waals surface area contributed by atoms with Gasteiger partial charge in [0.05, 0.1) is 6.10 Å². The standard InChI is InChI=1S/C12H22N6O/c1-13-10-15-11(17-12(16-10)18(2)3)14-7-8-5-4-6-9(8)19/h8-9,19H,4-7H2,1-3H3,(H2,13,14,15,16,17). The van der Waals surface area contributed by atoms with E-state index in [2.05, 4.69) is 25.6 Å². The van der Waals surface area contributed by atoms with Crippen molar-refractivity contribution < 1.29 is 5.11 Å². The molecule has 19 heavy (non-hydrogen) atoms. The predicted molar refractivity (Wildman–Crippen MR) is 75.5 cm³/mol. The Hall–Kier alpha value is -1.63. The van der Waals surface area contributed by atoms with Gasteiger partial charge in [0.25, 0.3) is 0 Å². The zero-order chi connectivity index (χ0) is 13.8. The maximum atomic E-state index is 9.80. The van der Waals surface area contributed by atoms with Crippen LogP contribution in [-0.4, -0.2) is 53.9 Å². The second kappa shape index (κ2) is 6.01. The predicted octanol–water partition coefficient (Wildman–Crippen LogP) is 0.552. The van der Waals surface area contributed by atoms with Gasteiger partial charge in [0.15, 0.2) is 0 Å². The second-order valence-electron chi connectivity index (χ2n) is 5.07. The number of rotatable bonds is 5. The quantitative estimate of drug-likeness (QED) is 0.717. The SMILES string of the molecule is CNc1nc(NCC2CCCC2O)nc(N(C)C)n1. The molecule has 2 unspecified atom stereocenters. The Labute approximate surface area is 113 Å². The summed E-state index contributed by atoms with van der Waals surface area (Å²) in [6.07, 6.45) is 2.84. The topological polar surface area (TPSA) is 86.2 Å². The summed E-state index contributed by atoms with van der Waals surface area (Å²) in [7, 11) is 5.55. The molecule has 3 N–H and O–H groups in total. The zero-order valence-corrected chi connectivity index (χ0v) is 11.7. The van der Waals surface area contributed by atoms with Gasteiger partial charge in [0.2, 0.25) is 17.8 Å². The van der Waals surface area contributed by atoms with Gasteiger partial charge in [-0.15, -0.1) is 0 Å². The number of aliphatic hydroxyl groups excluding tert-OH is 1. The van der Waals surface area contributed by atoms with E-state index in [0.29, 0.717) is 24.4 Å². The van der Waals surface area contributed by atoms with E-state index in [9.17, 15) is 5.11 Å². The lowest BCUT2D eigenvalue weighted by atomic mass is 10.1. The van der Waals surface area contributed by atoms with Crippen LogP contribution >= 0.6 is 0 Å². The molecule has 7 nitrogen and oxygen atoms in total. The van der Waals surface area contributed by atoms with Gasteiger partial charge in [-0.2, -0.15) is 15.0 Å². The van der Waals surface area contributed by atoms with E-state index < -0.39 is 0 Å². The fraction of sp³-hybridized carbons (Fsp3) is 0.750. The van der Waals surface area contributed by atoms with Crippen molar-refractivity contribution in [2.45, 2.75) is 25.4 Å². The Morgan fingerprint density at radius 2 is 1.95 bits per heavy atom. The minimum Gasteiger partial charge on any atom is -0.393 e. The van der Waals surface area contributed by atoms with Crippen LogP contribution < -0.4 is 15.5 Å². The number of nitrogens with zero attached hydrogens (tertiary/aromatic N) is 4. The number of hydrogen-bond acceptors (Lipinski definition) is 7. The molecule has 106 valence electrons. The average molecular weight is 266 g/mol. The summed E-state index contributed by atoms with van der Waals surface area (Å²) in [6, 6.07) is 0. The summed E-state index contributed by atoms with van der Waals surface area (Å²) in [5, 5.41) is 15.9. The van der Waals surface area contributed by atoms with E-state index in [1.807, 2.05) is 19.0 Å². The van der Waals surface area contributed by atoms with E-state index in [0.717, 1.165) is 19.3 Å². The first kappa shape index (κ1) is 13.8. The molecule has 1 aromatic rings. The van der Waals surface area contributed by atoms with Crippen LogP contribution in [0, 0.1) is 5.92 Å². The lowest BCUT2D eigenvalue weighted by molar-refractivity contribution is 0.138. The van der Waals surface area contributed by atoms with Gasteiger partial charge < -0.3 is 20.6 Å². The van der Waals surface area contributed by atoms with Crippen LogP contribution in [-0.2, 0) is 0 Å². The Morgan fingerprint density at radius 3 is 2.53 bits per heavy atom. The fourth-order valence-electron chi connectivity index (χ4n) is 2.23. The number of aromatic nitrogens is 3. The highest BCUT2D eigenvalue weighted by Gasteiger charge is 2.25. The molecule has 0 spiro atoms. The smallest absolute Gasteiger partial charge is 0.231 e. The molecular formula is C12H22N6O. The van der Waals surface area contributed by atoms with E-state index in [-0.39, 0.29) is 12.0 Å². The third-order valence-electron chi connectivity index (χ3n) is 3.39. The van der Waals surface area contributed by atoms with Gasteiger partial charge >= 0.3 is 0 Å². The van der Waals surface area contributed by atoms with Gasteiger partial charge in [-0.05, 0) is 12.8 Å². The maximum Gasteiger partial charge on any atom is 0.231 e. The molecule has 0 radical (unpaired) electrons. The van der Waals surface area contributed by atoms with Crippen LogP contribution in [0.2, 0.25) is 0 Å². The number of nitrogens with one attached hydrogen (secondary N) is 2. The van der Waals surface area contributed by atoms with Crippen molar-refractivity contribution in [3.05, 3.63) is 0 Å². The van der Waals surface area contributed by atoms with Crippen molar-refractivity contribution >= 4 is 17.8 Å². The van der Waals surface area contributed by atoms with Crippen molar-refractivity contribution in [1.29, 1.82) is 0 Å². The Kier molecular flexibility index (Phi) is 4.36. The molecule has 2 atom stereocenters. The normalized spacial score (nSPS) is 22.3. The van der Waals surface area contributed by atoms with Gasteiger partial charge in [-0.25, -0.2) is 0 Å². The third-order valence-corrected chi connectivity index (χ3v) is 3.39. The van der Waals surface area contributed by atoms with Crippen molar-refractivity contribution in [1.82, 2.24) is 15.0 Å². The Balaban J connectivity index is 2.04.